The lowest BCUT2D eigenvalue weighted by Gasteiger charge is -2.12. The van der Waals surface area contributed by atoms with Gasteiger partial charge in [-0.3, -0.25) is 14.8 Å². The van der Waals surface area contributed by atoms with Gasteiger partial charge in [-0.1, -0.05) is 12.1 Å². The van der Waals surface area contributed by atoms with E-state index in [1.165, 1.54) is 6.07 Å². The van der Waals surface area contributed by atoms with Crippen LogP contribution in [0.25, 0.3) is 11.3 Å². The molecule has 1 aliphatic rings. The van der Waals surface area contributed by atoms with E-state index in [-0.39, 0.29) is 29.6 Å². The molecule has 7 heteroatoms. The van der Waals surface area contributed by atoms with Gasteiger partial charge in [0.25, 0.3) is 0 Å². The van der Waals surface area contributed by atoms with Crippen molar-refractivity contribution in [1.82, 2.24) is 9.97 Å². The largest absolute Gasteiger partial charge is 0.507 e. The van der Waals surface area contributed by atoms with E-state index < -0.39 is 5.97 Å². The number of ketones is 1. The van der Waals surface area contributed by atoms with Gasteiger partial charge in [0.2, 0.25) is 0 Å². The third-order valence-electron chi connectivity index (χ3n) is 5.08. The fourth-order valence-corrected chi connectivity index (χ4v) is 3.14. The molecule has 7 nitrogen and oxygen atoms in total. The molecule has 1 aliphatic carbocycles. The smallest absolute Gasteiger partial charge is 0.335 e. The molecule has 4 rings (SSSR count). The molecule has 0 amide bonds. The molecule has 1 heterocycles. The van der Waals surface area contributed by atoms with E-state index in [4.69, 9.17) is 9.84 Å². The van der Waals surface area contributed by atoms with Crippen molar-refractivity contribution < 1.29 is 24.5 Å². The standard InChI is InChI=1S/C23H20N2O5/c1-13-20(8-7-18(21(13)26)22(27)14-5-6-14)30-12-17-10-25-19(11-24-17)15-3-2-4-16(9-15)23(28)29/h2-4,7-11,14,26H,5-6,12H2,1H3,(H,28,29). The number of aromatic hydroxyl groups is 1. The van der Waals surface area contributed by atoms with Crippen LogP contribution in [0.15, 0.2) is 48.8 Å². The Kier molecular flexibility index (Phi) is 5.18. The zero-order valence-corrected chi connectivity index (χ0v) is 16.3. The maximum Gasteiger partial charge on any atom is 0.335 e. The van der Waals surface area contributed by atoms with Crippen molar-refractivity contribution in [3.63, 3.8) is 0 Å². The Morgan fingerprint density at radius 2 is 1.93 bits per heavy atom. The first-order valence-electron chi connectivity index (χ1n) is 9.58. The number of aromatic nitrogens is 2. The van der Waals surface area contributed by atoms with Crippen LogP contribution in [-0.2, 0) is 6.61 Å². The van der Waals surface area contributed by atoms with Crippen LogP contribution in [0.5, 0.6) is 11.5 Å². The van der Waals surface area contributed by atoms with Gasteiger partial charge in [0.15, 0.2) is 5.78 Å². The Morgan fingerprint density at radius 3 is 2.60 bits per heavy atom. The number of hydrogen-bond acceptors (Lipinski definition) is 6. The number of carbonyl (C=O) groups is 2. The van der Waals surface area contributed by atoms with E-state index in [1.54, 1.807) is 49.6 Å². The first kappa shape index (κ1) is 19.6. The molecule has 0 spiro atoms. The van der Waals surface area contributed by atoms with E-state index >= 15 is 0 Å². The van der Waals surface area contributed by atoms with Crippen molar-refractivity contribution in [3.8, 4) is 22.8 Å². The van der Waals surface area contributed by atoms with Gasteiger partial charge < -0.3 is 14.9 Å². The van der Waals surface area contributed by atoms with E-state index in [9.17, 15) is 14.7 Å². The molecule has 1 fully saturated rings. The number of nitrogens with zero attached hydrogens (tertiary/aromatic N) is 2. The van der Waals surface area contributed by atoms with Crippen LogP contribution in [-0.4, -0.2) is 31.9 Å². The topological polar surface area (TPSA) is 110 Å². The number of phenols is 1. The summed E-state index contributed by atoms with van der Waals surface area (Å²) in [6, 6.07) is 9.77. The molecule has 0 atom stereocenters. The van der Waals surface area contributed by atoms with E-state index in [0.29, 0.717) is 33.8 Å². The summed E-state index contributed by atoms with van der Waals surface area (Å²) in [6.45, 7) is 1.84. The molecule has 30 heavy (non-hydrogen) atoms. The maximum atomic E-state index is 12.2. The summed E-state index contributed by atoms with van der Waals surface area (Å²) in [5.74, 6) is -0.551. The molecular formula is C23H20N2O5. The van der Waals surface area contributed by atoms with Crippen LogP contribution >= 0.6 is 0 Å². The summed E-state index contributed by atoms with van der Waals surface area (Å²) < 4.78 is 5.76. The lowest BCUT2D eigenvalue weighted by atomic mass is 10.0. The molecule has 0 saturated heterocycles. The monoisotopic (exact) mass is 404 g/mol. The highest BCUT2D eigenvalue weighted by Crippen LogP contribution is 2.38. The van der Waals surface area contributed by atoms with Crippen LogP contribution < -0.4 is 4.74 Å². The second-order valence-corrected chi connectivity index (χ2v) is 7.29. The number of carboxylic acid groups (broad SMARTS) is 1. The molecule has 0 bridgehead atoms. The zero-order valence-electron chi connectivity index (χ0n) is 16.3. The van der Waals surface area contributed by atoms with Crippen molar-refractivity contribution in [1.29, 1.82) is 0 Å². The predicted octanol–water partition coefficient (Wildman–Crippen LogP) is 4.03. The first-order chi connectivity index (χ1) is 14.4. The SMILES string of the molecule is Cc1c(OCc2cnc(-c3cccc(C(=O)O)c3)cn2)ccc(C(=O)C2CC2)c1O. The Morgan fingerprint density at radius 1 is 1.13 bits per heavy atom. The molecule has 0 unspecified atom stereocenters. The molecule has 152 valence electrons. The minimum atomic E-state index is -1.00. The summed E-state index contributed by atoms with van der Waals surface area (Å²) in [6.07, 6.45) is 4.88. The number of rotatable bonds is 7. The summed E-state index contributed by atoms with van der Waals surface area (Å²) in [4.78, 5) is 32.0. The third-order valence-corrected chi connectivity index (χ3v) is 5.08. The minimum absolute atomic E-state index is 0.0180. The lowest BCUT2D eigenvalue weighted by Crippen LogP contribution is -2.05. The average Bonchev–Trinajstić information content (AvgIpc) is 3.60. The van der Waals surface area contributed by atoms with Gasteiger partial charge in [-0.25, -0.2) is 4.79 Å². The number of hydrogen-bond donors (Lipinski definition) is 2. The second-order valence-electron chi connectivity index (χ2n) is 7.29. The molecule has 1 aromatic heterocycles. The first-order valence-corrected chi connectivity index (χ1v) is 9.58. The maximum absolute atomic E-state index is 12.2. The number of benzene rings is 2. The fourth-order valence-electron chi connectivity index (χ4n) is 3.14. The lowest BCUT2D eigenvalue weighted by molar-refractivity contribution is 0.0696. The molecule has 0 radical (unpaired) electrons. The molecule has 2 N–H and O–H groups in total. The Hall–Kier alpha value is -3.74. The predicted molar refractivity (Wildman–Crippen MR) is 109 cm³/mol. The zero-order chi connectivity index (χ0) is 21.3. The van der Waals surface area contributed by atoms with E-state index in [1.807, 2.05) is 0 Å². The average molecular weight is 404 g/mol. The normalized spacial score (nSPS) is 13.1. The van der Waals surface area contributed by atoms with Gasteiger partial charge in [-0.2, -0.15) is 0 Å². The summed E-state index contributed by atoms with van der Waals surface area (Å²) in [5, 5.41) is 19.5. The number of carbonyl (C=O) groups excluding carboxylic acids is 1. The molecule has 1 saturated carbocycles. The highest BCUT2D eigenvalue weighted by Gasteiger charge is 2.32. The van der Waals surface area contributed by atoms with Crippen LogP contribution in [0.4, 0.5) is 0 Å². The fraction of sp³-hybridized carbons (Fsp3) is 0.217. The van der Waals surface area contributed by atoms with E-state index in [0.717, 1.165) is 12.8 Å². The highest BCUT2D eigenvalue weighted by molar-refractivity contribution is 6.02. The van der Waals surface area contributed by atoms with Crippen LogP contribution in [0.1, 0.15) is 44.8 Å². The number of aromatic carboxylic acids is 1. The highest BCUT2D eigenvalue weighted by atomic mass is 16.5. The van der Waals surface area contributed by atoms with Crippen LogP contribution in [0.3, 0.4) is 0 Å². The Bertz CT molecular complexity index is 1120. The molecule has 3 aromatic rings. The number of phenolic OH excluding ortho intramolecular Hbond substituents is 1. The second kappa shape index (κ2) is 7.94. The molecular weight excluding hydrogens is 384 g/mol. The number of carboxylic acids is 1. The van der Waals surface area contributed by atoms with Gasteiger partial charge in [0.1, 0.15) is 18.1 Å². The van der Waals surface area contributed by atoms with Gasteiger partial charge >= 0.3 is 5.97 Å². The van der Waals surface area contributed by atoms with Gasteiger partial charge in [0, 0.05) is 17.0 Å². The van der Waals surface area contributed by atoms with Crippen LogP contribution in [0.2, 0.25) is 0 Å². The number of ether oxygens (including phenoxy) is 1. The van der Waals surface area contributed by atoms with Gasteiger partial charge in [-0.05, 0) is 44.0 Å². The Balaban J connectivity index is 1.45. The third kappa shape index (κ3) is 4.00. The Labute approximate surface area is 173 Å². The van der Waals surface area contributed by atoms with Gasteiger partial charge in [0.05, 0.1) is 34.9 Å². The van der Waals surface area contributed by atoms with Crippen molar-refractivity contribution >= 4 is 11.8 Å². The molecule has 2 aromatic carbocycles. The quantitative estimate of drug-likeness (QED) is 0.572. The molecule has 0 aliphatic heterocycles. The number of Topliss-reactive ketones (excluding diaryl/α,β-unsaturated/α-hetero) is 1. The minimum Gasteiger partial charge on any atom is -0.507 e. The summed E-state index contributed by atoms with van der Waals surface area (Å²) >= 11 is 0. The van der Waals surface area contributed by atoms with Crippen molar-refractivity contribution in [2.45, 2.75) is 26.4 Å². The summed E-state index contributed by atoms with van der Waals surface area (Å²) in [5.41, 5.74) is 2.82. The van der Waals surface area contributed by atoms with Crippen LogP contribution in [0, 0.1) is 12.8 Å². The summed E-state index contributed by atoms with van der Waals surface area (Å²) in [7, 11) is 0. The van der Waals surface area contributed by atoms with Crippen molar-refractivity contribution in [2.24, 2.45) is 5.92 Å². The van der Waals surface area contributed by atoms with Crippen molar-refractivity contribution in [2.75, 3.05) is 0 Å². The van der Waals surface area contributed by atoms with Crippen molar-refractivity contribution in [3.05, 3.63) is 71.2 Å². The van der Waals surface area contributed by atoms with Gasteiger partial charge in [-0.15, -0.1) is 0 Å². The van der Waals surface area contributed by atoms with E-state index in [2.05, 4.69) is 9.97 Å².